The molecule has 3 aliphatic rings. The number of hydrogen-bond acceptors (Lipinski definition) is 4. The number of benzene rings is 6. The Hall–Kier alpha value is -5.48. The monoisotopic (exact) mass is 530 g/mol. The van der Waals surface area contributed by atoms with Crippen molar-refractivity contribution in [2.45, 2.75) is 5.41 Å². The highest BCUT2D eigenvalue weighted by atomic mass is 16.6. The van der Waals surface area contributed by atoms with Crippen LogP contribution in [0.15, 0.2) is 133 Å². The molecule has 0 radical (unpaired) electrons. The van der Waals surface area contributed by atoms with E-state index >= 15 is 0 Å². The fraction of sp³-hybridized carbons (Fsp3) is 0.0270. The molecule has 0 saturated heterocycles. The topological polar surface area (TPSA) is 36.9 Å². The molecule has 0 bridgehead atoms. The lowest BCUT2D eigenvalue weighted by atomic mass is 9.67. The number of hydrogen-bond donors (Lipinski definition) is 0. The van der Waals surface area contributed by atoms with E-state index in [0.29, 0.717) is 46.0 Å². The van der Waals surface area contributed by atoms with Gasteiger partial charge in [-0.15, -0.1) is 0 Å². The van der Waals surface area contributed by atoms with Gasteiger partial charge in [0, 0.05) is 0 Å². The maximum Gasteiger partial charge on any atom is 0.170 e. The van der Waals surface area contributed by atoms with Crippen molar-refractivity contribution in [1.82, 2.24) is 0 Å². The van der Waals surface area contributed by atoms with Crippen molar-refractivity contribution in [3.8, 4) is 57.1 Å². The quantitative estimate of drug-likeness (QED) is 0.223. The van der Waals surface area contributed by atoms with E-state index < -0.39 is 5.41 Å². The highest BCUT2D eigenvalue weighted by Crippen LogP contribution is 2.59. The summed E-state index contributed by atoms with van der Waals surface area (Å²) in [6.07, 6.45) is 0. The molecule has 0 spiro atoms. The molecule has 1 aliphatic carbocycles. The molecule has 0 aromatic heterocycles. The van der Waals surface area contributed by atoms with Gasteiger partial charge in [0.15, 0.2) is 46.0 Å². The number of para-hydroxylation sites is 4. The van der Waals surface area contributed by atoms with Gasteiger partial charge in [-0.2, -0.15) is 0 Å². The fourth-order valence-electron chi connectivity index (χ4n) is 6.55. The zero-order valence-electron chi connectivity index (χ0n) is 21.8. The first kappa shape index (κ1) is 22.3. The van der Waals surface area contributed by atoms with Crippen LogP contribution in [0.2, 0.25) is 0 Å². The summed E-state index contributed by atoms with van der Waals surface area (Å²) in [6, 6.07) is 45.4. The minimum atomic E-state index is -0.627. The molecule has 0 atom stereocenters. The Bertz CT molecular complexity index is 1880. The number of ether oxygens (including phenoxy) is 4. The molecule has 2 heterocycles. The van der Waals surface area contributed by atoms with E-state index in [0.717, 1.165) is 11.1 Å². The normalized spacial score (nSPS) is 14.3. The molecule has 41 heavy (non-hydrogen) atoms. The lowest BCUT2D eigenvalue weighted by Gasteiger charge is -2.35. The second-order valence-electron chi connectivity index (χ2n) is 10.5. The maximum absolute atomic E-state index is 6.39. The van der Waals surface area contributed by atoms with E-state index in [1.165, 1.54) is 22.3 Å². The molecular formula is C37H22O4. The van der Waals surface area contributed by atoms with Crippen LogP contribution in [0.5, 0.6) is 46.0 Å². The summed E-state index contributed by atoms with van der Waals surface area (Å²) < 4.78 is 25.2. The molecule has 6 aromatic carbocycles. The van der Waals surface area contributed by atoms with Crippen LogP contribution in [0.4, 0.5) is 0 Å². The van der Waals surface area contributed by atoms with E-state index in [9.17, 15) is 0 Å². The van der Waals surface area contributed by atoms with Crippen LogP contribution in [-0.2, 0) is 5.41 Å². The van der Waals surface area contributed by atoms with Crippen LogP contribution in [0.25, 0.3) is 11.1 Å². The molecule has 2 aliphatic heterocycles. The molecular weight excluding hydrogens is 508 g/mol. The van der Waals surface area contributed by atoms with Crippen molar-refractivity contribution in [2.24, 2.45) is 0 Å². The highest BCUT2D eigenvalue weighted by molar-refractivity contribution is 5.86. The second-order valence-corrected chi connectivity index (χ2v) is 10.5. The molecule has 0 unspecified atom stereocenters. The Morgan fingerprint density at radius 1 is 0.317 bits per heavy atom. The maximum atomic E-state index is 6.39. The predicted molar refractivity (Wildman–Crippen MR) is 157 cm³/mol. The zero-order chi connectivity index (χ0) is 27.0. The van der Waals surface area contributed by atoms with E-state index in [2.05, 4.69) is 72.8 Å². The summed E-state index contributed by atoms with van der Waals surface area (Å²) in [6.45, 7) is 0. The standard InChI is InChI=1S/C37H22O4/c1-3-11-27-25(9-1)26-10-2-4-12-28(26)37(27,23-17-19-33-35(21-23)40-31-15-7-5-13-29(31)38-33)24-18-20-34-36(22-24)41-32-16-8-6-14-30(32)39-34/h1-22H. The predicted octanol–water partition coefficient (Wildman–Crippen LogP) is 9.85. The van der Waals surface area contributed by atoms with Gasteiger partial charge in [-0.1, -0.05) is 84.9 Å². The first-order valence-electron chi connectivity index (χ1n) is 13.7. The molecule has 0 fully saturated rings. The SMILES string of the molecule is c1ccc2c(c1)Oc1ccc(C3(c4ccc5c(c4)Oc4ccccc4O5)c4ccccc4-c4ccccc43)cc1O2. The first-order valence-corrected chi connectivity index (χ1v) is 13.7. The Morgan fingerprint density at radius 3 is 1.10 bits per heavy atom. The molecule has 194 valence electrons. The molecule has 0 saturated carbocycles. The summed E-state index contributed by atoms with van der Waals surface area (Å²) in [5.74, 6) is 5.61. The Morgan fingerprint density at radius 2 is 0.659 bits per heavy atom. The zero-order valence-corrected chi connectivity index (χ0v) is 21.8. The van der Waals surface area contributed by atoms with Crippen LogP contribution < -0.4 is 18.9 Å². The molecule has 6 aromatic rings. The van der Waals surface area contributed by atoms with Crippen molar-refractivity contribution in [3.05, 3.63) is 156 Å². The van der Waals surface area contributed by atoms with Crippen LogP contribution in [0.3, 0.4) is 0 Å². The Balaban J connectivity index is 1.29. The van der Waals surface area contributed by atoms with Gasteiger partial charge in [0.25, 0.3) is 0 Å². The van der Waals surface area contributed by atoms with Gasteiger partial charge >= 0.3 is 0 Å². The van der Waals surface area contributed by atoms with Crippen LogP contribution in [0, 0.1) is 0 Å². The minimum absolute atomic E-state index is 0.627. The van der Waals surface area contributed by atoms with E-state index in [4.69, 9.17) is 18.9 Å². The van der Waals surface area contributed by atoms with Gasteiger partial charge in [0.05, 0.1) is 5.41 Å². The lowest BCUT2D eigenvalue weighted by Crippen LogP contribution is -2.28. The first-order chi connectivity index (χ1) is 20.3. The molecule has 9 rings (SSSR count). The summed E-state index contributed by atoms with van der Waals surface area (Å²) in [7, 11) is 0. The van der Waals surface area contributed by atoms with Crippen LogP contribution in [0.1, 0.15) is 22.3 Å². The highest BCUT2D eigenvalue weighted by Gasteiger charge is 2.47. The third-order valence-electron chi connectivity index (χ3n) is 8.28. The number of rotatable bonds is 2. The van der Waals surface area contributed by atoms with E-state index in [-0.39, 0.29) is 0 Å². The fourth-order valence-corrected chi connectivity index (χ4v) is 6.55. The van der Waals surface area contributed by atoms with Crippen molar-refractivity contribution < 1.29 is 18.9 Å². The summed E-state index contributed by atoms with van der Waals surface area (Å²) in [4.78, 5) is 0. The summed E-state index contributed by atoms with van der Waals surface area (Å²) in [5.41, 5.74) is 6.36. The van der Waals surface area contributed by atoms with Gasteiger partial charge in [-0.25, -0.2) is 0 Å². The van der Waals surface area contributed by atoms with Gasteiger partial charge in [0.2, 0.25) is 0 Å². The van der Waals surface area contributed by atoms with Crippen molar-refractivity contribution in [3.63, 3.8) is 0 Å². The Kier molecular flexibility index (Phi) is 4.50. The van der Waals surface area contributed by atoms with Crippen LogP contribution in [-0.4, -0.2) is 0 Å². The largest absolute Gasteiger partial charge is 0.450 e. The van der Waals surface area contributed by atoms with Crippen molar-refractivity contribution in [1.29, 1.82) is 0 Å². The van der Waals surface area contributed by atoms with Crippen molar-refractivity contribution in [2.75, 3.05) is 0 Å². The third kappa shape index (κ3) is 3.10. The molecule has 0 N–H and O–H groups in total. The molecule has 4 heteroatoms. The molecule has 0 amide bonds. The van der Waals surface area contributed by atoms with Crippen molar-refractivity contribution >= 4 is 0 Å². The summed E-state index contributed by atoms with van der Waals surface area (Å²) in [5, 5.41) is 0. The third-order valence-corrected chi connectivity index (χ3v) is 8.28. The minimum Gasteiger partial charge on any atom is -0.450 e. The number of fused-ring (bicyclic) bond motifs is 7. The van der Waals surface area contributed by atoms with Gasteiger partial charge in [-0.05, 0) is 81.9 Å². The smallest absolute Gasteiger partial charge is 0.170 e. The van der Waals surface area contributed by atoms with E-state index in [1.807, 2.05) is 60.7 Å². The van der Waals surface area contributed by atoms with E-state index in [1.54, 1.807) is 0 Å². The Labute approximate surface area is 237 Å². The summed E-state index contributed by atoms with van der Waals surface area (Å²) >= 11 is 0. The lowest BCUT2D eigenvalue weighted by molar-refractivity contribution is 0.358. The van der Waals surface area contributed by atoms with Gasteiger partial charge in [0.1, 0.15) is 0 Å². The average molecular weight is 531 g/mol. The molecule has 4 nitrogen and oxygen atoms in total. The van der Waals surface area contributed by atoms with Gasteiger partial charge < -0.3 is 18.9 Å². The average Bonchev–Trinajstić information content (AvgIpc) is 3.33. The van der Waals surface area contributed by atoms with Gasteiger partial charge in [-0.3, -0.25) is 0 Å². The van der Waals surface area contributed by atoms with Crippen LogP contribution >= 0.6 is 0 Å². The second kappa shape index (κ2) is 8.26.